The van der Waals surface area contributed by atoms with Gasteiger partial charge in [-0.25, -0.2) is 5.43 Å². The van der Waals surface area contributed by atoms with E-state index < -0.39 is 23.6 Å². The molecule has 0 aliphatic rings. The highest BCUT2D eigenvalue weighted by atomic mass is 35.5. The third-order valence-corrected chi connectivity index (χ3v) is 3.14. The van der Waals surface area contributed by atoms with Crippen molar-refractivity contribution in [1.29, 1.82) is 0 Å². The minimum atomic E-state index is -4.61. The number of carbonyl (C=O) groups excluding carboxylic acids is 2. The predicted molar refractivity (Wildman–Crippen MR) is 85.1 cm³/mol. The average molecular weight is 371 g/mol. The number of hydrogen-bond donors (Lipinski definition) is 2. The van der Waals surface area contributed by atoms with Crippen LogP contribution in [0.25, 0.3) is 0 Å². The average Bonchev–Trinajstić information content (AvgIpc) is 2.56. The van der Waals surface area contributed by atoms with Crippen LogP contribution in [0.2, 0.25) is 5.02 Å². The lowest BCUT2D eigenvalue weighted by atomic mass is 10.2. The van der Waals surface area contributed by atoms with Crippen molar-refractivity contribution in [3.8, 4) is 0 Å². The maximum Gasteiger partial charge on any atom is 0.416 e. The molecule has 2 N–H and O–H groups in total. The number of rotatable bonds is 3. The molecule has 6 nitrogen and oxygen atoms in total. The Kier molecular flexibility index (Phi) is 5.71. The van der Waals surface area contributed by atoms with Crippen LogP contribution in [-0.2, 0) is 15.8 Å². The number of nitrogens with one attached hydrogen (secondary N) is 2. The second-order valence-corrected chi connectivity index (χ2v) is 5.04. The number of benzene rings is 1. The van der Waals surface area contributed by atoms with Gasteiger partial charge in [-0.15, -0.1) is 0 Å². The van der Waals surface area contributed by atoms with E-state index in [2.05, 4.69) is 10.1 Å². The molecule has 25 heavy (non-hydrogen) atoms. The third kappa shape index (κ3) is 5.28. The smallest absolute Gasteiger partial charge is 0.316 e. The number of alkyl halides is 3. The monoisotopic (exact) mass is 370 g/mol. The fourth-order valence-electron chi connectivity index (χ4n) is 1.65. The molecule has 0 aliphatic heterocycles. The fraction of sp³-hybridized carbons (Fsp3) is 0.0667. The lowest BCUT2D eigenvalue weighted by molar-refractivity contribution is -0.137. The van der Waals surface area contributed by atoms with Crippen LogP contribution in [0, 0.1) is 0 Å². The first-order chi connectivity index (χ1) is 11.8. The fourth-order valence-corrected chi connectivity index (χ4v) is 1.81. The Morgan fingerprint density at radius 2 is 1.96 bits per heavy atom. The van der Waals surface area contributed by atoms with E-state index in [0.717, 1.165) is 12.1 Å². The Labute approximate surface area is 144 Å². The summed E-state index contributed by atoms with van der Waals surface area (Å²) >= 11 is 5.73. The molecule has 0 radical (unpaired) electrons. The largest absolute Gasteiger partial charge is 0.416 e. The van der Waals surface area contributed by atoms with Crippen molar-refractivity contribution in [2.24, 2.45) is 5.10 Å². The summed E-state index contributed by atoms with van der Waals surface area (Å²) in [6, 6.07) is 5.66. The van der Waals surface area contributed by atoms with Gasteiger partial charge < -0.3 is 5.32 Å². The number of carbonyl (C=O) groups is 2. The molecule has 2 amide bonds. The molecule has 0 saturated carbocycles. The van der Waals surface area contributed by atoms with E-state index in [-0.39, 0.29) is 10.7 Å². The van der Waals surface area contributed by atoms with Crippen LogP contribution in [0.5, 0.6) is 0 Å². The molecule has 1 aromatic heterocycles. The topological polar surface area (TPSA) is 83.5 Å². The number of hydrogen-bond acceptors (Lipinski definition) is 4. The maximum atomic E-state index is 12.7. The van der Waals surface area contributed by atoms with E-state index in [0.29, 0.717) is 11.6 Å². The molecular formula is C15H10ClF3N4O2. The highest BCUT2D eigenvalue weighted by Gasteiger charge is 2.31. The third-order valence-electron chi connectivity index (χ3n) is 2.81. The van der Waals surface area contributed by atoms with Gasteiger partial charge in [-0.3, -0.25) is 14.6 Å². The van der Waals surface area contributed by atoms with Gasteiger partial charge in [-0.05, 0) is 24.3 Å². The Morgan fingerprint density at radius 1 is 1.20 bits per heavy atom. The molecule has 0 unspecified atom stereocenters. The summed E-state index contributed by atoms with van der Waals surface area (Å²) in [5.41, 5.74) is 1.16. The number of pyridine rings is 1. The summed E-state index contributed by atoms with van der Waals surface area (Å²) in [5, 5.41) is 5.40. The summed E-state index contributed by atoms with van der Waals surface area (Å²) in [5.74, 6) is -2.39. The van der Waals surface area contributed by atoms with Crippen molar-refractivity contribution in [3.63, 3.8) is 0 Å². The molecule has 1 aromatic carbocycles. The van der Waals surface area contributed by atoms with Crippen LogP contribution in [-0.4, -0.2) is 23.0 Å². The molecule has 1 heterocycles. The molecule has 0 aliphatic carbocycles. The van der Waals surface area contributed by atoms with Gasteiger partial charge in [0.15, 0.2) is 0 Å². The molecule has 0 spiro atoms. The van der Waals surface area contributed by atoms with Gasteiger partial charge in [0, 0.05) is 18.0 Å². The highest BCUT2D eigenvalue weighted by Crippen LogP contribution is 2.33. The molecule has 0 fully saturated rings. The number of aromatic nitrogens is 1. The highest BCUT2D eigenvalue weighted by molar-refractivity contribution is 6.41. The van der Waals surface area contributed by atoms with Gasteiger partial charge in [0.1, 0.15) is 0 Å². The molecule has 2 rings (SSSR count). The number of nitrogens with zero attached hydrogens (tertiary/aromatic N) is 2. The Bertz CT molecular complexity index is 810. The molecule has 2 aromatic rings. The number of amides is 2. The molecule has 0 bridgehead atoms. The van der Waals surface area contributed by atoms with Crippen molar-refractivity contribution in [3.05, 3.63) is 58.9 Å². The molecule has 130 valence electrons. The second-order valence-electron chi connectivity index (χ2n) is 4.63. The summed E-state index contributed by atoms with van der Waals surface area (Å²) in [6.07, 6.45) is -0.351. The van der Waals surface area contributed by atoms with Crippen molar-refractivity contribution in [2.45, 2.75) is 6.18 Å². The van der Waals surface area contributed by atoms with Gasteiger partial charge in [0.05, 0.1) is 22.5 Å². The zero-order chi connectivity index (χ0) is 18.4. The van der Waals surface area contributed by atoms with Gasteiger partial charge in [-0.2, -0.15) is 18.3 Å². The second kappa shape index (κ2) is 7.75. The first kappa shape index (κ1) is 18.4. The Morgan fingerprint density at radius 3 is 2.60 bits per heavy atom. The van der Waals surface area contributed by atoms with E-state index >= 15 is 0 Å². The lowest BCUT2D eigenvalue weighted by Crippen LogP contribution is -2.32. The minimum absolute atomic E-state index is 0.145. The first-order valence-corrected chi connectivity index (χ1v) is 7.06. The van der Waals surface area contributed by atoms with Crippen molar-refractivity contribution < 1.29 is 22.8 Å². The Hall–Kier alpha value is -2.94. The van der Waals surface area contributed by atoms with E-state index in [1.807, 2.05) is 10.7 Å². The summed E-state index contributed by atoms with van der Waals surface area (Å²) in [4.78, 5) is 27.2. The number of anilines is 1. The van der Waals surface area contributed by atoms with Crippen molar-refractivity contribution >= 4 is 35.3 Å². The molecule has 0 saturated heterocycles. The summed E-state index contributed by atoms with van der Waals surface area (Å²) in [7, 11) is 0. The number of hydrazone groups is 1. The predicted octanol–water partition coefficient (Wildman–Crippen LogP) is 2.84. The number of halogens is 4. The first-order valence-electron chi connectivity index (χ1n) is 6.68. The summed E-state index contributed by atoms with van der Waals surface area (Å²) in [6.45, 7) is 0. The normalized spacial score (nSPS) is 11.4. The van der Waals surface area contributed by atoms with Gasteiger partial charge in [0.25, 0.3) is 0 Å². The van der Waals surface area contributed by atoms with Crippen molar-refractivity contribution in [1.82, 2.24) is 10.4 Å². The zero-order valence-electron chi connectivity index (χ0n) is 12.3. The SMILES string of the molecule is O=C(NN=Cc1cccnc1)C(=O)Nc1cc(C(F)(F)F)ccc1Cl. The van der Waals surface area contributed by atoms with Gasteiger partial charge >= 0.3 is 18.0 Å². The quantitative estimate of drug-likeness (QED) is 0.495. The van der Waals surface area contributed by atoms with E-state index in [4.69, 9.17) is 11.6 Å². The zero-order valence-corrected chi connectivity index (χ0v) is 13.1. The van der Waals surface area contributed by atoms with Crippen LogP contribution >= 0.6 is 11.6 Å². The molecular weight excluding hydrogens is 361 g/mol. The maximum absolute atomic E-state index is 12.7. The van der Waals surface area contributed by atoms with Crippen LogP contribution in [0.15, 0.2) is 47.8 Å². The van der Waals surface area contributed by atoms with E-state index in [1.54, 1.807) is 18.3 Å². The van der Waals surface area contributed by atoms with E-state index in [9.17, 15) is 22.8 Å². The minimum Gasteiger partial charge on any atom is -0.316 e. The van der Waals surface area contributed by atoms with Crippen LogP contribution in [0.1, 0.15) is 11.1 Å². The van der Waals surface area contributed by atoms with Gasteiger partial charge in [-0.1, -0.05) is 17.7 Å². The van der Waals surface area contributed by atoms with Crippen LogP contribution in [0.4, 0.5) is 18.9 Å². The summed E-state index contributed by atoms with van der Waals surface area (Å²) < 4.78 is 38.0. The van der Waals surface area contributed by atoms with Crippen molar-refractivity contribution in [2.75, 3.05) is 5.32 Å². The van der Waals surface area contributed by atoms with E-state index in [1.165, 1.54) is 12.4 Å². The molecule has 10 heteroatoms. The van der Waals surface area contributed by atoms with Crippen LogP contribution in [0.3, 0.4) is 0 Å². The van der Waals surface area contributed by atoms with Gasteiger partial charge in [0.2, 0.25) is 0 Å². The lowest BCUT2D eigenvalue weighted by Gasteiger charge is -2.11. The Balaban J connectivity index is 2.01. The molecule has 0 atom stereocenters. The van der Waals surface area contributed by atoms with Crippen LogP contribution < -0.4 is 10.7 Å². The standard InChI is InChI=1S/C15H10ClF3N4O2/c16-11-4-3-10(15(17,18)19)6-12(11)22-13(24)14(25)23-21-8-9-2-1-5-20-7-9/h1-8H,(H,22,24)(H,23,25).